The lowest BCUT2D eigenvalue weighted by Gasteiger charge is -2.14. The molecule has 2 N–H and O–H groups in total. The second-order valence-electron chi connectivity index (χ2n) is 6.23. The van der Waals surface area contributed by atoms with E-state index in [0.717, 1.165) is 30.9 Å². The third-order valence-electron chi connectivity index (χ3n) is 4.17. The second-order valence-corrected chi connectivity index (χ2v) is 6.23. The van der Waals surface area contributed by atoms with E-state index in [0.29, 0.717) is 24.7 Å². The van der Waals surface area contributed by atoms with Gasteiger partial charge in [-0.25, -0.2) is 4.99 Å². The molecule has 1 atom stereocenters. The van der Waals surface area contributed by atoms with Gasteiger partial charge in [-0.05, 0) is 56.2 Å². The van der Waals surface area contributed by atoms with Crippen LogP contribution in [-0.4, -0.2) is 37.7 Å². The largest absolute Gasteiger partial charge is 0.494 e. The van der Waals surface area contributed by atoms with Crippen LogP contribution in [0.25, 0.3) is 0 Å². The molecular weight excluding hydrogens is 342 g/mol. The Labute approximate surface area is 159 Å². The lowest BCUT2D eigenvalue weighted by atomic mass is 10.2. The minimum absolute atomic E-state index is 0.107. The Kier molecular flexibility index (Phi) is 6.82. The molecule has 6 heteroatoms. The van der Waals surface area contributed by atoms with E-state index in [4.69, 9.17) is 9.47 Å². The van der Waals surface area contributed by atoms with Crippen LogP contribution in [0.4, 0.5) is 5.69 Å². The first-order valence-corrected chi connectivity index (χ1v) is 9.27. The van der Waals surface area contributed by atoms with Crippen molar-refractivity contribution in [1.29, 1.82) is 0 Å². The van der Waals surface area contributed by atoms with Gasteiger partial charge in [0, 0.05) is 17.9 Å². The quantitative estimate of drug-likeness (QED) is 0.606. The summed E-state index contributed by atoms with van der Waals surface area (Å²) in [6, 6.07) is 16.6. The van der Waals surface area contributed by atoms with E-state index in [-0.39, 0.29) is 12.0 Å². The third-order valence-corrected chi connectivity index (χ3v) is 4.17. The summed E-state index contributed by atoms with van der Waals surface area (Å²) in [6.07, 6.45) is 2.15. The van der Waals surface area contributed by atoms with Crippen molar-refractivity contribution < 1.29 is 14.3 Å². The van der Waals surface area contributed by atoms with E-state index in [1.54, 1.807) is 12.1 Å². The van der Waals surface area contributed by atoms with Gasteiger partial charge in [0.15, 0.2) is 0 Å². The molecule has 0 aromatic heterocycles. The zero-order valence-corrected chi connectivity index (χ0v) is 15.5. The molecule has 1 aliphatic rings. The first-order valence-electron chi connectivity index (χ1n) is 9.27. The summed E-state index contributed by atoms with van der Waals surface area (Å²) in [6.45, 7) is 3.85. The summed E-state index contributed by atoms with van der Waals surface area (Å²) >= 11 is 0. The Balaban J connectivity index is 1.70. The monoisotopic (exact) mass is 367 g/mol. The van der Waals surface area contributed by atoms with Gasteiger partial charge in [0.2, 0.25) is 5.96 Å². The number of carbonyl (C=O) groups excluding carboxylic acids is 1. The molecule has 0 bridgehead atoms. The van der Waals surface area contributed by atoms with Crippen LogP contribution < -0.4 is 15.4 Å². The highest BCUT2D eigenvalue weighted by Crippen LogP contribution is 2.16. The average Bonchev–Trinajstić information content (AvgIpc) is 3.22. The van der Waals surface area contributed by atoms with Gasteiger partial charge in [-0.15, -0.1) is 0 Å². The Bertz CT molecular complexity index is 754. The zero-order chi connectivity index (χ0) is 18.9. The Morgan fingerprint density at radius 1 is 1.19 bits per heavy atom. The van der Waals surface area contributed by atoms with Crippen LogP contribution in [0.3, 0.4) is 0 Å². The minimum Gasteiger partial charge on any atom is -0.494 e. The lowest BCUT2D eigenvalue weighted by molar-refractivity contribution is 0.0975. The van der Waals surface area contributed by atoms with E-state index < -0.39 is 0 Å². The molecule has 0 aliphatic carbocycles. The zero-order valence-electron chi connectivity index (χ0n) is 15.5. The summed E-state index contributed by atoms with van der Waals surface area (Å²) in [5.74, 6) is 0.998. The Hall–Kier alpha value is -2.86. The van der Waals surface area contributed by atoms with Gasteiger partial charge in [0.25, 0.3) is 5.91 Å². The number of amides is 1. The van der Waals surface area contributed by atoms with Gasteiger partial charge >= 0.3 is 0 Å². The Morgan fingerprint density at radius 3 is 2.63 bits per heavy atom. The predicted molar refractivity (Wildman–Crippen MR) is 106 cm³/mol. The number of anilines is 1. The number of hydrogen-bond acceptors (Lipinski definition) is 4. The topological polar surface area (TPSA) is 71.9 Å². The van der Waals surface area contributed by atoms with Crippen LogP contribution in [0.2, 0.25) is 0 Å². The molecule has 6 nitrogen and oxygen atoms in total. The maximum atomic E-state index is 12.5. The van der Waals surface area contributed by atoms with Gasteiger partial charge in [-0.1, -0.05) is 18.2 Å². The van der Waals surface area contributed by atoms with Crippen molar-refractivity contribution in [2.75, 3.05) is 25.1 Å². The van der Waals surface area contributed by atoms with E-state index in [2.05, 4.69) is 15.6 Å². The van der Waals surface area contributed by atoms with Crippen LogP contribution in [0.5, 0.6) is 5.75 Å². The molecular formula is C21H25N3O3. The maximum Gasteiger partial charge on any atom is 0.257 e. The van der Waals surface area contributed by atoms with Crippen molar-refractivity contribution >= 4 is 17.6 Å². The first-order chi connectivity index (χ1) is 13.2. The number of nitrogens with one attached hydrogen (secondary N) is 2. The molecule has 3 rings (SSSR count). The van der Waals surface area contributed by atoms with Crippen LogP contribution in [0, 0.1) is 0 Å². The van der Waals surface area contributed by atoms with Gasteiger partial charge in [-0.3, -0.25) is 10.1 Å². The molecule has 1 fully saturated rings. The number of nitrogens with zero attached hydrogens (tertiary/aromatic N) is 1. The summed E-state index contributed by atoms with van der Waals surface area (Å²) < 4.78 is 11.1. The standard InChI is InChI=1S/C21H25N3O3/c1-2-26-18-12-10-17(11-13-18)23-21(22-15-19-9-6-14-27-19)24-20(25)16-7-4-3-5-8-16/h3-5,7-8,10-13,19H,2,6,9,14-15H2,1H3,(H2,22,23,24,25)/t19-/m1/s1. The number of hydrogen-bond donors (Lipinski definition) is 2. The fourth-order valence-corrected chi connectivity index (χ4v) is 2.80. The normalized spacial score (nSPS) is 16.8. The van der Waals surface area contributed by atoms with Crippen molar-refractivity contribution in [1.82, 2.24) is 5.32 Å². The number of ether oxygens (including phenoxy) is 2. The summed E-state index contributed by atoms with van der Waals surface area (Å²) in [5.41, 5.74) is 1.40. The van der Waals surface area contributed by atoms with Crippen molar-refractivity contribution in [3.63, 3.8) is 0 Å². The van der Waals surface area contributed by atoms with Crippen LogP contribution in [0.15, 0.2) is 59.6 Å². The maximum absolute atomic E-state index is 12.5. The molecule has 1 amide bonds. The SMILES string of the molecule is CCOc1ccc(NC(=NC[C@H]2CCCO2)NC(=O)c2ccccc2)cc1. The van der Waals surface area contributed by atoms with Gasteiger partial charge in [0.05, 0.1) is 19.3 Å². The summed E-state index contributed by atoms with van der Waals surface area (Å²) in [5, 5.41) is 6.04. The minimum atomic E-state index is -0.208. The first kappa shape index (κ1) is 18.9. The summed E-state index contributed by atoms with van der Waals surface area (Å²) in [7, 11) is 0. The fraction of sp³-hybridized carbons (Fsp3) is 0.333. The molecule has 0 saturated carbocycles. The fourth-order valence-electron chi connectivity index (χ4n) is 2.80. The third kappa shape index (κ3) is 5.82. The van der Waals surface area contributed by atoms with Crippen LogP contribution in [0.1, 0.15) is 30.1 Å². The number of guanidine groups is 1. The molecule has 0 spiro atoms. The number of benzene rings is 2. The number of aliphatic imine (C=N–C) groups is 1. The molecule has 1 saturated heterocycles. The lowest BCUT2D eigenvalue weighted by Crippen LogP contribution is -2.36. The van der Waals surface area contributed by atoms with Crippen molar-refractivity contribution in [2.45, 2.75) is 25.9 Å². The molecule has 27 heavy (non-hydrogen) atoms. The average molecular weight is 367 g/mol. The molecule has 0 radical (unpaired) electrons. The molecule has 0 unspecified atom stereocenters. The van der Waals surface area contributed by atoms with Crippen LogP contribution >= 0.6 is 0 Å². The van der Waals surface area contributed by atoms with Gasteiger partial charge < -0.3 is 14.8 Å². The van der Waals surface area contributed by atoms with Crippen molar-refractivity contribution in [3.05, 3.63) is 60.2 Å². The van der Waals surface area contributed by atoms with Crippen molar-refractivity contribution in [2.24, 2.45) is 4.99 Å². The second kappa shape index (κ2) is 9.73. The molecule has 2 aromatic carbocycles. The highest BCUT2D eigenvalue weighted by Gasteiger charge is 2.16. The predicted octanol–water partition coefficient (Wildman–Crippen LogP) is 3.46. The smallest absolute Gasteiger partial charge is 0.257 e. The Morgan fingerprint density at radius 2 is 1.96 bits per heavy atom. The number of carbonyl (C=O) groups is 1. The summed E-state index contributed by atoms with van der Waals surface area (Å²) in [4.78, 5) is 17.0. The van der Waals surface area contributed by atoms with Gasteiger partial charge in [-0.2, -0.15) is 0 Å². The van der Waals surface area contributed by atoms with E-state index >= 15 is 0 Å². The highest BCUT2D eigenvalue weighted by atomic mass is 16.5. The van der Waals surface area contributed by atoms with E-state index in [9.17, 15) is 4.79 Å². The molecule has 1 heterocycles. The van der Waals surface area contributed by atoms with E-state index in [1.165, 1.54) is 0 Å². The van der Waals surface area contributed by atoms with Crippen molar-refractivity contribution in [3.8, 4) is 5.75 Å². The van der Waals surface area contributed by atoms with E-state index in [1.807, 2.05) is 49.4 Å². The van der Waals surface area contributed by atoms with Gasteiger partial charge in [0.1, 0.15) is 5.75 Å². The molecule has 1 aliphatic heterocycles. The molecule has 2 aromatic rings. The molecule has 142 valence electrons. The van der Waals surface area contributed by atoms with Crippen LogP contribution in [-0.2, 0) is 4.74 Å². The highest BCUT2D eigenvalue weighted by molar-refractivity contribution is 6.09. The number of rotatable bonds is 6.